The number of aromatic nitrogens is 1. The summed E-state index contributed by atoms with van der Waals surface area (Å²) in [5, 5.41) is 4.69. The molecule has 1 saturated heterocycles. The molecule has 2 aromatic carbocycles. The van der Waals surface area contributed by atoms with Crippen molar-refractivity contribution in [2.24, 2.45) is 5.92 Å². The normalized spacial score (nSPS) is 20.3. The van der Waals surface area contributed by atoms with Gasteiger partial charge in [0.15, 0.2) is 6.61 Å². The first kappa shape index (κ1) is 31.8. The molecule has 1 aliphatic carbocycles. The van der Waals surface area contributed by atoms with Gasteiger partial charge in [-0.05, 0) is 85.5 Å². The van der Waals surface area contributed by atoms with Crippen LogP contribution in [0, 0.1) is 5.92 Å². The summed E-state index contributed by atoms with van der Waals surface area (Å²) in [7, 11) is 0.521. The van der Waals surface area contributed by atoms with Gasteiger partial charge in [0.2, 0.25) is 5.91 Å². The van der Waals surface area contributed by atoms with Gasteiger partial charge in [-0.3, -0.25) is 9.59 Å². The fourth-order valence-corrected chi connectivity index (χ4v) is 7.34. The first-order valence-corrected chi connectivity index (χ1v) is 20.2. The van der Waals surface area contributed by atoms with Gasteiger partial charge in [0.05, 0.1) is 17.1 Å². The minimum Gasteiger partial charge on any atom is -0.482 e. The summed E-state index contributed by atoms with van der Waals surface area (Å²) in [6.45, 7) is 11.1. The van der Waals surface area contributed by atoms with E-state index in [4.69, 9.17) is 14.2 Å². The van der Waals surface area contributed by atoms with Gasteiger partial charge in [-0.15, -0.1) is 0 Å². The molecule has 3 aromatic rings. The SMILES string of the molecule is COCCCN1C(=O)COc2ccc(N(C(=O)[C@H]3CNCC[C@@H]3c3ccc4ccn(COCC[Si](C)(C)C)c4c3)C3CC3)cc21. The summed E-state index contributed by atoms with van der Waals surface area (Å²) in [5.74, 6) is 0.664. The van der Waals surface area contributed by atoms with Gasteiger partial charge in [0.25, 0.3) is 5.91 Å². The maximum Gasteiger partial charge on any atom is 0.265 e. The molecule has 6 rings (SSSR count). The number of piperidine rings is 1. The molecular weight excluding hydrogens is 584 g/mol. The van der Waals surface area contributed by atoms with Gasteiger partial charge in [-0.25, -0.2) is 0 Å². The first-order valence-electron chi connectivity index (χ1n) is 16.5. The van der Waals surface area contributed by atoms with Crippen LogP contribution < -0.4 is 19.9 Å². The molecule has 3 heterocycles. The third-order valence-corrected chi connectivity index (χ3v) is 11.0. The van der Waals surface area contributed by atoms with Crippen LogP contribution in [-0.2, 0) is 25.8 Å². The number of anilines is 2. The van der Waals surface area contributed by atoms with Crippen LogP contribution in [0.25, 0.3) is 10.9 Å². The number of hydrogen-bond acceptors (Lipinski definition) is 6. The Bertz CT molecular complexity index is 1510. The Balaban J connectivity index is 1.24. The van der Waals surface area contributed by atoms with Gasteiger partial charge in [0, 0.05) is 59.4 Å². The monoisotopic (exact) mass is 632 g/mol. The molecule has 0 unspecified atom stereocenters. The molecule has 10 heteroatoms. The molecule has 1 saturated carbocycles. The number of benzene rings is 2. The summed E-state index contributed by atoms with van der Waals surface area (Å²) < 4.78 is 19.3. The number of fused-ring (bicyclic) bond motifs is 2. The van der Waals surface area contributed by atoms with Crippen LogP contribution in [0.4, 0.5) is 11.4 Å². The van der Waals surface area contributed by atoms with E-state index in [-0.39, 0.29) is 36.3 Å². The molecule has 0 radical (unpaired) electrons. The van der Waals surface area contributed by atoms with Crippen LogP contribution >= 0.6 is 0 Å². The molecule has 0 bridgehead atoms. The molecule has 9 nitrogen and oxygen atoms in total. The van der Waals surface area contributed by atoms with E-state index in [1.165, 1.54) is 10.9 Å². The predicted octanol–water partition coefficient (Wildman–Crippen LogP) is 5.60. The highest BCUT2D eigenvalue weighted by atomic mass is 28.3. The fourth-order valence-electron chi connectivity index (χ4n) is 6.58. The highest BCUT2D eigenvalue weighted by molar-refractivity contribution is 6.76. The number of carbonyl (C=O) groups is 2. The van der Waals surface area contributed by atoms with Crippen molar-refractivity contribution in [3.05, 3.63) is 54.2 Å². The largest absolute Gasteiger partial charge is 0.482 e. The number of rotatable bonds is 13. The molecule has 242 valence electrons. The number of ether oxygens (including phenoxy) is 3. The van der Waals surface area contributed by atoms with Crippen molar-refractivity contribution in [3.63, 3.8) is 0 Å². The highest BCUT2D eigenvalue weighted by Crippen LogP contribution is 2.42. The summed E-state index contributed by atoms with van der Waals surface area (Å²) in [4.78, 5) is 31.2. The van der Waals surface area contributed by atoms with Gasteiger partial charge < -0.3 is 33.9 Å². The van der Waals surface area contributed by atoms with Gasteiger partial charge >= 0.3 is 0 Å². The van der Waals surface area contributed by atoms with Crippen molar-refractivity contribution in [3.8, 4) is 5.75 Å². The van der Waals surface area contributed by atoms with E-state index in [2.05, 4.69) is 60.0 Å². The highest BCUT2D eigenvalue weighted by Gasteiger charge is 2.41. The van der Waals surface area contributed by atoms with E-state index in [1.807, 2.05) is 23.1 Å². The third-order valence-electron chi connectivity index (χ3n) is 9.30. The van der Waals surface area contributed by atoms with Crippen LogP contribution in [-0.4, -0.2) is 77.1 Å². The molecule has 3 aliphatic rings. The number of hydrogen-bond donors (Lipinski definition) is 1. The molecular formula is C35H48N4O5Si. The molecule has 2 atom stereocenters. The number of amides is 2. The Labute approximate surface area is 267 Å². The zero-order valence-electron chi connectivity index (χ0n) is 27.2. The third kappa shape index (κ3) is 7.30. The van der Waals surface area contributed by atoms with Crippen LogP contribution in [0.15, 0.2) is 48.7 Å². The number of nitrogens with one attached hydrogen (secondary N) is 1. The lowest BCUT2D eigenvalue weighted by Gasteiger charge is -2.36. The van der Waals surface area contributed by atoms with Crippen molar-refractivity contribution < 1.29 is 23.8 Å². The molecule has 2 aliphatic heterocycles. The minimum absolute atomic E-state index is 0.0261. The van der Waals surface area contributed by atoms with Gasteiger partial charge in [0.1, 0.15) is 12.5 Å². The summed E-state index contributed by atoms with van der Waals surface area (Å²) in [5.41, 5.74) is 3.92. The van der Waals surface area contributed by atoms with Crippen molar-refractivity contribution in [2.45, 2.75) is 70.1 Å². The Morgan fingerprint density at radius 1 is 1.09 bits per heavy atom. The first-order chi connectivity index (χ1) is 21.7. The topological polar surface area (TPSA) is 85.3 Å². The van der Waals surface area contributed by atoms with E-state index >= 15 is 0 Å². The van der Waals surface area contributed by atoms with E-state index < -0.39 is 8.07 Å². The lowest BCUT2D eigenvalue weighted by atomic mass is 9.80. The summed E-state index contributed by atoms with van der Waals surface area (Å²) in [6.07, 6.45) is 5.69. The quantitative estimate of drug-likeness (QED) is 0.195. The van der Waals surface area contributed by atoms with Crippen LogP contribution in [0.3, 0.4) is 0 Å². The average molecular weight is 633 g/mol. The second kappa shape index (κ2) is 13.7. The lowest BCUT2D eigenvalue weighted by molar-refractivity contribution is -0.123. The van der Waals surface area contributed by atoms with Crippen LogP contribution in [0.5, 0.6) is 5.75 Å². The van der Waals surface area contributed by atoms with E-state index in [9.17, 15) is 9.59 Å². The molecule has 45 heavy (non-hydrogen) atoms. The van der Waals surface area contributed by atoms with Gasteiger partial charge in [-0.1, -0.05) is 31.8 Å². The fraction of sp³-hybridized carbons (Fsp3) is 0.543. The van der Waals surface area contributed by atoms with Crippen molar-refractivity contribution in [1.82, 2.24) is 9.88 Å². The van der Waals surface area contributed by atoms with Crippen LogP contribution in [0.1, 0.15) is 37.2 Å². The molecule has 1 aromatic heterocycles. The second-order valence-electron chi connectivity index (χ2n) is 13.9. The second-order valence-corrected chi connectivity index (χ2v) is 19.6. The van der Waals surface area contributed by atoms with E-state index in [1.54, 1.807) is 12.0 Å². The predicted molar refractivity (Wildman–Crippen MR) is 181 cm³/mol. The number of nitrogens with zero attached hydrogens (tertiary/aromatic N) is 3. The minimum atomic E-state index is -1.15. The molecule has 2 fully saturated rings. The average Bonchev–Trinajstić information content (AvgIpc) is 3.78. The Morgan fingerprint density at radius 2 is 1.93 bits per heavy atom. The van der Waals surface area contributed by atoms with Crippen molar-refractivity contribution >= 4 is 42.2 Å². The van der Waals surface area contributed by atoms with Crippen molar-refractivity contribution in [1.29, 1.82) is 0 Å². The van der Waals surface area contributed by atoms with Crippen molar-refractivity contribution in [2.75, 3.05) is 56.4 Å². The maximum absolute atomic E-state index is 14.6. The lowest BCUT2D eigenvalue weighted by Crippen LogP contribution is -2.47. The summed E-state index contributed by atoms with van der Waals surface area (Å²) >= 11 is 0. The Hall–Kier alpha value is -3.18. The van der Waals surface area contributed by atoms with E-state index in [0.717, 1.165) is 61.8 Å². The molecule has 0 spiro atoms. The number of carbonyl (C=O) groups excluding carboxylic acids is 2. The zero-order chi connectivity index (χ0) is 31.6. The zero-order valence-corrected chi connectivity index (χ0v) is 28.2. The molecule has 2 amide bonds. The molecule has 1 N–H and O–H groups in total. The standard InChI is InChI=1S/C35H48N4O5Si/c1-42-17-5-15-38-32-21-28(10-11-33(32)44-23-34(38)40)39(27-8-9-27)35(41)30-22-36-14-12-29(30)26-7-6-25-13-16-37(31(25)20-26)24-43-18-19-45(2,3)4/h6-7,10-11,13,16,20-21,27,29-30,36H,5,8-9,12,14-15,17-19,22-24H2,1-4H3/t29-,30+/m1/s1. The van der Waals surface area contributed by atoms with Crippen LogP contribution in [0.2, 0.25) is 25.7 Å². The number of methoxy groups -OCH3 is 1. The summed E-state index contributed by atoms with van der Waals surface area (Å²) in [6, 6.07) is 16.0. The maximum atomic E-state index is 14.6. The van der Waals surface area contributed by atoms with E-state index in [0.29, 0.717) is 32.2 Å². The Kier molecular flexibility index (Phi) is 9.65. The van der Waals surface area contributed by atoms with Gasteiger partial charge in [-0.2, -0.15) is 0 Å². The smallest absolute Gasteiger partial charge is 0.265 e. The Morgan fingerprint density at radius 3 is 2.71 bits per heavy atom.